The molecule has 1 atom stereocenters. The zero-order valence-electron chi connectivity index (χ0n) is 25.1. The van der Waals surface area contributed by atoms with Gasteiger partial charge in [-0.2, -0.15) is 18.3 Å². The summed E-state index contributed by atoms with van der Waals surface area (Å²) in [4.78, 5) is 60.5. The molecule has 1 fully saturated rings. The summed E-state index contributed by atoms with van der Waals surface area (Å²) in [5, 5.41) is 15.1. The van der Waals surface area contributed by atoms with Gasteiger partial charge in [-0.25, -0.2) is 14.6 Å². The van der Waals surface area contributed by atoms with Crippen molar-refractivity contribution in [1.29, 1.82) is 0 Å². The molecule has 1 aromatic carbocycles. The van der Waals surface area contributed by atoms with E-state index in [0.717, 1.165) is 17.1 Å². The summed E-state index contributed by atoms with van der Waals surface area (Å²) in [6, 6.07) is 5.86. The summed E-state index contributed by atoms with van der Waals surface area (Å²) in [6.07, 6.45) is -1.82. The highest BCUT2D eigenvalue weighted by atomic mass is 35.5. The van der Waals surface area contributed by atoms with Gasteiger partial charge in [0.25, 0.3) is 11.8 Å². The van der Waals surface area contributed by atoms with Gasteiger partial charge in [-0.05, 0) is 30.3 Å². The van der Waals surface area contributed by atoms with Gasteiger partial charge in [-0.1, -0.05) is 11.6 Å². The number of rotatable bonds is 8. The number of nitrogen functional groups attached to an aromatic ring is 1. The second kappa shape index (κ2) is 13.3. The Bertz CT molecular complexity index is 1880. The smallest absolute Gasteiger partial charge is 0.435 e. The summed E-state index contributed by atoms with van der Waals surface area (Å²) in [6.45, 7) is 0.621. The number of carbonyl (C=O) groups is 4. The van der Waals surface area contributed by atoms with E-state index >= 15 is 0 Å². The van der Waals surface area contributed by atoms with Crippen LogP contribution in [0, 0.1) is 0 Å². The van der Waals surface area contributed by atoms with E-state index in [9.17, 15) is 32.3 Å². The minimum Gasteiger partial charge on any atom is -0.481 e. The normalized spacial score (nSPS) is 14.1. The number of hydrogen-bond acceptors (Lipinski definition) is 9. The fourth-order valence-corrected chi connectivity index (χ4v) is 5.32. The molecule has 15 nitrogen and oxygen atoms in total. The van der Waals surface area contributed by atoms with Gasteiger partial charge in [-0.15, -0.1) is 0 Å². The second-order valence-corrected chi connectivity index (χ2v) is 11.2. The Hall–Kier alpha value is -5.49. The monoisotopic (exact) mass is 688 g/mol. The lowest BCUT2D eigenvalue weighted by molar-refractivity contribution is -0.142. The molecule has 0 radical (unpaired) electrons. The standard InChI is InChI=1S/C29H28ClF3N10O5/c1-40-21(18-14-43(39-24(18)29(31,32)33)22-5-2-15(34)12-36-22)13-37-25(40)26(46)38-16-3-4-17(19(30)10-16)27(47)41-6-8-42(9-7-41)28(48)20(35)11-23(44)45/h2-5,10,12-14,20H,6-9,11,34-35H2,1H3,(H,38,46)(H,44,45)/t20-/m1/s1. The number of piperazine rings is 1. The van der Waals surface area contributed by atoms with Gasteiger partial charge in [0, 0.05) is 45.1 Å². The first kappa shape index (κ1) is 33.9. The molecule has 4 heterocycles. The predicted molar refractivity (Wildman–Crippen MR) is 165 cm³/mol. The summed E-state index contributed by atoms with van der Waals surface area (Å²) >= 11 is 6.39. The lowest BCUT2D eigenvalue weighted by atomic mass is 10.1. The number of nitrogens with two attached hydrogens (primary N) is 2. The van der Waals surface area contributed by atoms with E-state index in [1.807, 2.05) is 0 Å². The average Bonchev–Trinajstić information content (AvgIpc) is 3.64. The SMILES string of the molecule is Cn1c(-c2cn(-c3ccc(N)cn3)nc2C(F)(F)F)cnc1C(=O)Nc1ccc(C(=O)N2CCN(C(=O)[C@H](N)CC(=O)O)CC2)c(Cl)c1. The van der Waals surface area contributed by atoms with Crippen molar-refractivity contribution >= 4 is 46.7 Å². The maximum atomic E-state index is 14.0. The van der Waals surface area contributed by atoms with Crippen LogP contribution in [0.15, 0.2) is 48.9 Å². The third-order valence-electron chi connectivity index (χ3n) is 7.50. The van der Waals surface area contributed by atoms with E-state index in [1.165, 1.54) is 57.9 Å². The van der Waals surface area contributed by atoms with E-state index in [1.54, 1.807) is 0 Å². The van der Waals surface area contributed by atoms with Crippen LogP contribution in [0.3, 0.4) is 0 Å². The lowest BCUT2D eigenvalue weighted by Crippen LogP contribution is -2.54. The number of pyridine rings is 1. The van der Waals surface area contributed by atoms with Gasteiger partial charge in [-0.3, -0.25) is 19.2 Å². The van der Waals surface area contributed by atoms with E-state index in [-0.39, 0.29) is 65.4 Å². The van der Waals surface area contributed by atoms with Crippen molar-refractivity contribution in [2.24, 2.45) is 12.8 Å². The van der Waals surface area contributed by atoms with Crippen LogP contribution >= 0.6 is 11.6 Å². The van der Waals surface area contributed by atoms with Crippen molar-refractivity contribution in [3.8, 4) is 17.1 Å². The Morgan fingerprint density at radius 3 is 2.33 bits per heavy atom. The van der Waals surface area contributed by atoms with Crippen LogP contribution in [0.1, 0.15) is 33.1 Å². The minimum absolute atomic E-state index is 0.0128. The Kier molecular flexibility index (Phi) is 9.40. The van der Waals surface area contributed by atoms with Crippen LogP contribution in [0.25, 0.3) is 17.1 Å². The maximum absolute atomic E-state index is 14.0. The van der Waals surface area contributed by atoms with Crippen LogP contribution in [0.5, 0.6) is 0 Å². The number of anilines is 2. The number of halogens is 4. The highest BCUT2D eigenvalue weighted by Crippen LogP contribution is 2.37. The van der Waals surface area contributed by atoms with Crippen molar-refractivity contribution in [3.63, 3.8) is 0 Å². The molecule has 4 aromatic rings. The van der Waals surface area contributed by atoms with Crippen molar-refractivity contribution in [3.05, 3.63) is 71.0 Å². The second-order valence-electron chi connectivity index (χ2n) is 10.8. The Morgan fingerprint density at radius 1 is 1.04 bits per heavy atom. The van der Waals surface area contributed by atoms with Gasteiger partial charge in [0.15, 0.2) is 17.3 Å². The zero-order valence-corrected chi connectivity index (χ0v) is 25.9. The number of hydrogen-bond donors (Lipinski definition) is 4. The van der Waals surface area contributed by atoms with Crippen LogP contribution < -0.4 is 16.8 Å². The summed E-state index contributed by atoms with van der Waals surface area (Å²) in [7, 11) is 1.37. The van der Waals surface area contributed by atoms with Crippen molar-refractivity contribution in [1.82, 2.24) is 34.1 Å². The molecular weight excluding hydrogens is 661 g/mol. The number of nitrogens with one attached hydrogen (secondary N) is 1. The molecular formula is C29H28ClF3N10O5. The number of alkyl halides is 3. The number of aliphatic carboxylic acids is 1. The molecule has 1 aliphatic heterocycles. The van der Waals surface area contributed by atoms with Gasteiger partial charge >= 0.3 is 12.1 Å². The minimum atomic E-state index is -4.84. The quantitative estimate of drug-likeness (QED) is 0.212. The topological polar surface area (TPSA) is 208 Å². The molecule has 5 rings (SSSR count). The molecule has 3 aromatic heterocycles. The van der Waals surface area contributed by atoms with E-state index in [4.69, 9.17) is 28.2 Å². The largest absolute Gasteiger partial charge is 0.481 e. The molecule has 1 saturated heterocycles. The van der Waals surface area contributed by atoms with Gasteiger partial charge in [0.2, 0.25) is 5.91 Å². The number of aromatic nitrogens is 5. The third-order valence-corrected chi connectivity index (χ3v) is 7.82. The first-order valence-electron chi connectivity index (χ1n) is 14.2. The van der Waals surface area contributed by atoms with Crippen molar-refractivity contribution in [2.45, 2.75) is 18.6 Å². The van der Waals surface area contributed by atoms with Crippen molar-refractivity contribution < 1.29 is 37.5 Å². The number of benzene rings is 1. The molecule has 48 heavy (non-hydrogen) atoms. The molecule has 3 amide bonds. The molecule has 0 saturated carbocycles. The highest BCUT2D eigenvalue weighted by molar-refractivity contribution is 6.34. The number of carboxylic acid groups (broad SMARTS) is 1. The van der Waals surface area contributed by atoms with Crippen molar-refractivity contribution in [2.75, 3.05) is 37.2 Å². The first-order chi connectivity index (χ1) is 22.6. The molecule has 6 N–H and O–H groups in total. The lowest BCUT2D eigenvalue weighted by Gasteiger charge is -2.36. The molecule has 19 heteroatoms. The van der Waals surface area contributed by atoms with E-state index in [2.05, 4.69) is 20.4 Å². The molecule has 1 aliphatic rings. The van der Waals surface area contributed by atoms with Crippen LogP contribution in [-0.4, -0.2) is 95.1 Å². The molecule has 252 valence electrons. The van der Waals surface area contributed by atoms with Gasteiger partial charge in [0.1, 0.15) is 0 Å². The molecule has 0 unspecified atom stereocenters. The summed E-state index contributed by atoms with van der Waals surface area (Å²) < 4.78 is 44.0. The molecule has 0 spiro atoms. The maximum Gasteiger partial charge on any atom is 0.435 e. The number of carbonyl (C=O) groups excluding carboxylic acids is 3. The molecule has 0 aliphatic carbocycles. The fourth-order valence-electron chi connectivity index (χ4n) is 5.06. The highest BCUT2D eigenvalue weighted by Gasteiger charge is 2.39. The van der Waals surface area contributed by atoms with Gasteiger partial charge in [0.05, 0.1) is 52.4 Å². The van der Waals surface area contributed by atoms with Crippen LogP contribution in [0.4, 0.5) is 24.5 Å². The number of imidazole rings is 1. The average molecular weight is 689 g/mol. The zero-order chi connectivity index (χ0) is 34.9. The predicted octanol–water partition coefficient (Wildman–Crippen LogP) is 2.26. The first-order valence-corrected chi connectivity index (χ1v) is 14.6. The van der Waals surface area contributed by atoms with Crippen LogP contribution in [0.2, 0.25) is 5.02 Å². The summed E-state index contributed by atoms with van der Waals surface area (Å²) in [5.41, 5.74) is 10.3. The molecule has 0 bridgehead atoms. The Morgan fingerprint density at radius 2 is 1.73 bits per heavy atom. The Labute approximate surface area is 274 Å². The van der Waals surface area contributed by atoms with E-state index in [0.29, 0.717) is 5.69 Å². The number of carboxylic acids is 1. The fraction of sp³-hybridized carbons (Fsp3) is 0.276. The Balaban J connectivity index is 1.28. The number of amides is 3. The summed E-state index contributed by atoms with van der Waals surface area (Å²) in [5.74, 6) is -3.03. The van der Waals surface area contributed by atoms with Gasteiger partial charge < -0.3 is 36.3 Å². The number of nitrogens with zero attached hydrogens (tertiary/aromatic N) is 7. The van der Waals surface area contributed by atoms with E-state index < -0.39 is 48.0 Å². The third kappa shape index (κ3) is 7.08. The van der Waals surface area contributed by atoms with Crippen LogP contribution in [-0.2, 0) is 22.8 Å².